The van der Waals surface area contributed by atoms with E-state index in [1.54, 1.807) is 34.4 Å². The number of aryl methyl sites for hydroxylation is 1. The number of thiophene rings is 1. The Morgan fingerprint density at radius 2 is 2.11 bits per heavy atom. The number of likely N-dealkylation sites (N-methyl/N-ethyl adjacent to an activating group) is 2. The molecule has 1 atom stereocenters. The van der Waals surface area contributed by atoms with Gasteiger partial charge in [-0.05, 0) is 43.8 Å². The van der Waals surface area contributed by atoms with Crippen molar-refractivity contribution in [1.29, 1.82) is 0 Å². The molecule has 13 heteroatoms. The van der Waals surface area contributed by atoms with Crippen LogP contribution >= 0.6 is 11.3 Å². The molecule has 1 aromatic carbocycles. The van der Waals surface area contributed by atoms with Crippen molar-refractivity contribution in [2.75, 3.05) is 49.8 Å². The summed E-state index contributed by atoms with van der Waals surface area (Å²) < 4.78 is 34.5. The standard InChI is InChI=1S/C25H30F2N8O2S/c1-6-21(36)29-16-13-17(20(37-24(26)27)14-19(16)34(4)11-10-33(2)3)31-25-28-9-7-15(30-25)22-23-18(8-12-38-23)35(5)32-22/h6-9,12-14,24-25,28,31H,1,10-11H2,2-5H3,(H,29,36). The Labute approximate surface area is 223 Å². The van der Waals surface area contributed by atoms with Gasteiger partial charge in [-0.1, -0.05) is 6.58 Å². The summed E-state index contributed by atoms with van der Waals surface area (Å²) in [6, 6.07) is 5.01. The number of rotatable bonds is 11. The third kappa shape index (κ3) is 6.11. The van der Waals surface area contributed by atoms with Crippen LogP contribution in [0.15, 0.2) is 53.5 Å². The zero-order valence-electron chi connectivity index (χ0n) is 21.5. The van der Waals surface area contributed by atoms with Crippen LogP contribution in [0.3, 0.4) is 0 Å². The van der Waals surface area contributed by atoms with E-state index in [0.29, 0.717) is 30.2 Å². The highest BCUT2D eigenvalue weighted by Gasteiger charge is 2.22. The van der Waals surface area contributed by atoms with Gasteiger partial charge < -0.3 is 30.5 Å². The van der Waals surface area contributed by atoms with E-state index in [4.69, 9.17) is 9.73 Å². The van der Waals surface area contributed by atoms with Gasteiger partial charge >= 0.3 is 6.61 Å². The molecule has 3 N–H and O–H groups in total. The van der Waals surface area contributed by atoms with Crippen LogP contribution in [-0.4, -0.2) is 73.4 Å². The first-order valence-corrected chi connectivity index (χ1v) is 12.6. The summed E-state index contributed by atoms with van der Waals surface area (Å²) >= 11 is 1.56. The number of ether oxygens (including phenoxy) is 1. The van der Waals surface area contributed by atoms with Gasteiger partial charge in [0, 0.05) is 39.5 Å². The molecule has 3 heterocycles. The lowest BCUT2D eigenvalue weighted by atomic mass is 10.2. The van der Waals surface area contributed by atoms with Crippen LogP contribution < -0.4 is 25.6 Å². The first-order valence-electron chi connectivity index (χ1n) is 11.8. The monoisotopic (exact) mass is 544 g/mol. The van der Waals surface area contributed by atoms with Crippen LogP contribution in [0.2, 0.25) is 0 Å². The first-order chi connectivity index (χ1) is 18.2. The summed E-state index contributed by atoms with van der Waals surface area (Å²) in [4.78, 5) is 20.7. The van der Waals surface area contributed by atoms with E-state index >= 15 is 0 Å². The molecule has 1 aliphatic heterocycles. The van der Waals surface area contributed by atoms with Crippen molar-refractivity contribution in [3.05, 3.63) is 54.2 Å². The number of aromatic nitrogens is 2. The van der Waals surface area contributed by atoms with Crippen molar-refractivity contribution in [1.82, 2.24) is 20.0 Å². The van der Waals surface area contributed by atoms with Crippen LogP contribution in [0.5, 0.6) is 5.75 Å². The summed E-state index contributed by atoms with van der Waals surface area (Å²) in [5, 5.41) is 15.5. The molecule has 0 fully saturated rings. The Bertz CT molecular complexity index is 1380. The van der Waals surface area contributed by atoms with E-state index < -0.39 is 18.8 Å². The van der Waals surface area contributed by atoms with Gasteiger partial charge in [-0.25, -0.2) is 4.99 Å². The fourth-order valence-electron chi connectivity index (χ4n) is 3.90. The van der Waals surface area contributed by atoms with Gasteiger partial charge in [0.05, 0.1) is 33.0 Å². The van der Waals surface area contributed by atoms with Crippen LogP contribution in [0.25, 0.3) is 10.2 Å². The zero-order chi connectivity index (χ0) is 27.4. The second kappa shape index (κ2) is 11.6. The molecule has 10 nitrogen and oxygen atoms in total. The number of hydrogen-bond donors (Lipinski definition) is 3. The molecular formula is C25H30F2N8O2S. The molecule has 1 unspecified atom stereocenters. The Kier molecular flexibility index (Phi) is 8.27. The molecule has 0 spiro atoms. The van der Waals surface area contributed by atoms with Crippen molar-refractivity contribution in [3.63, 3.8) is 0 Å². The summed E-state index contributed by atoms with van der Waals surface area (Å²) in [6.07, 6.45) is 3.94. The minimum Gasteiger partial charge on any atom is -0.433 e. The number of anilines is 3. The van der Waals surface area contributed by atoms with Crippen LogP contribution in [0, 0.1) is 0 Å². The van der Waals surface area contributed by atoms with Crippen molar-refractivity contribution >= 4 is 50.2 Å². The molecule has 202 valence electrons. The smallest absolute Gasteiger partial charge is 0.387 e. The number of aliphatic imine (C=N–C) groups is 1. The van der Waals surface area contributed by atoms with Crippen molar-refractivity contribution in [3.8, 4) is 5.75 Å². The van der Waals surface area contributed by atoms with Crippen molar-refractivity contribution < 1.29 is 18.3 Å². The maximum Gasteiger partial charge on any atom is 0.387 e. The summed E-state index contributed by atoms with van der Waals surface area (Å²) in [5.41, 5.74) is 3.48. The Morgan fingerprint density at radius 3 is 2.82 bits per heavy atom. The highest BCUT2D eigenvalue weighted by Crippen LogP contribution is 2.38. The quantitative estimate of drug-likeness (QED) is 0.317. The molecule has 0 saturated heterocycles. The number of allylic oxidation sites excluding steroid dienone is 1. The lowest BCUT2D eigenvalue weighted by molar-refractivity contribution is -0.111. The molecular weight excluding hydrogens is 514 g/mol. The van der Waals surface area contributed by atoms with Gasteiger partial charge in [0.1, 0.15) is 5.69 Å². The molecule has 0 aliphatic carbocycles. The molecule has 0 saturated carbocycles. The molecule has 2 aromatic heterocycles. The zero-order valence-corrected chi connectivity index (χ0v) is 22.4. The predicted octanol–water partition coefficient (Wildman–Crippen LogP) is 3.66. The summed E-state index contributed by atoms with van der Waals surface area (Å²) in [5.74, 6) is -0.523. The van der Waals surface area contributed by atoms with Crippen LogP contribution in [0.1, 0.15) is 5.69 Å². The number of hydrogen-bond acceptors (Lipinski definition) is 9. The molecule has 3 aromatic rings. The fourth-order valence-corrected chi connectivity index (χ4v) is 4.81. The van der Waals surface area contributed by atoms with Gasteiger partial charge in [-0.15, -0.1) is 11.3 Å². The second-order valence-electron chi connectivity index (χ2n) is 8.83. The third-order valence-corrected chi connectivity index (χ3v) is 6.72. The maximum atomic E-state index is 13.4. The number of alkyl halides is 2. The topological polar surface area (TPSA) is 99.0 Å². The van der Waals surface area contributed by atoms with E-state index in [-0.39, 0.29) is 11.4 Å². The number of halogens is 2. The summed E-state index contributed by atoms with van der Waals surface area (Å²) in [6.45, 7) is 1.74. The lowest BCUT2D eigenvalue weighted by Gasteiger charge is -2.27. The van der Waals surface area contributed by atoms with E-state index in [1.807, 2.05) is 49.4 Å². The number of carbonyl (C=O) groups is 1. The molecule has 1 aliphatic rings. The average molecular weight is 545 g/mol. The molecule has 0 bridgehead atoms. The summed E-state index contributed by atoms with van der Waals surface area (Å²) in [7, 11) is 7.54. The molecule has 38 heavy (non-hydrogen) atoms. The maximum absolute atomic E-state index is 13.4. The van der Waals surface area contributed by atoms with Crippen LogP contribution in [0.4, 0.5) is 25.8 Å². The minimum atomic E-state index is -3.05. The van der Waals surface area contributed by atoms with Gasteiger partial charge in [0.25, 0.3) is 0 Å². The molecule has 0 radical (unpaired) electrons. The van der Waals surface area contributed by atoms with Gasteiger partial charge in [-0.2, -0.15) is 13.9 Å². The average Bonchev–Trinajstić information content (AvgIpc) is 3.48. The molecule has 1 amide bonds. The van der Waals surface area contributed by atoms with Crippen LogP contribution in [-0.2, 0) is 11.8 Å². The van der Waals surface area contributed by atoms with Crippen molar-refractivity contribution in [2.45, 2.75) is 12.9 Å². The number of carbonyl (C=O) groups excluding carboxylic acids is 1. The lowest BCUT2D eigenvalue weighted by Crippen LogP contribution is -2.35. The highest BCUT2D eigenvalue weighted by atomic mass is 32.1. The van der Waals surface area contributed by atoms with Gasteiger partial charge in [0.15, 0.2) is 12.0 Å². The minimum absolute atomic E-state index is 0.0881. The number of fused-ring (bicyclic) bond motifs is 1. The van der Waals surface area contributed by atoms with Gasteiger partial charge in [-0.3, -0.25) is 9.48 Å². The fraction of sp³-hybridized carbons (Fsp3) is 0.320. The SMILES string of the molecule is C=CC(=O)Nc1cc(NC2N=C(c3nn(C)c4ccsc34)C=CN2)c(OC(F)F)cc1N(C)CCN(C)C. The Hall–Kier alpha value is -3.97. The predicted molar refractivity (Wildman–Crippen MR) is 149 cm³/mol. The second-order valence-corrected chi connectivity index (χ2v) is 9.75. The number of amides is 1. The highest BCUT2D eigenvalue weighted by molar-refractivity contribution is 7.17. The number of nitrogens with one attached hydrogen (secondary N) is 3. The Balaban J connectivity index is 1.70. The largest absolute Gasteiger partial charge is 0.433 e. The first kappa shape index (κ1) is 27.1. The molecule has 4 rings (SSSR count). The van der Waals surface area contributed by atoms with E-state index in [1.165, 1.54) is 6.07 Å². The van der Waals surface area contributed by atoms with Crippen molar-refractivity contribution in [2.24, 2.45) is 12.0 Å². The van der Waals surface area contributed by atoms with E-state index in [2.05, 4.69) is 27.6 Å². The van der Waals surface area contributed by atoms with Gasteiger partial charge in [0.2, 0.25) is 5.91 Å². The van der Waals surface area contributed by atoms with E-state index in [9.17, 15) is 13.6 Å². The van der Waals surface area contributed by atoms with E-state index in [0.717, 1.165) is 22.0 Å². The Morgan fingerprint density at radius 1 is 1.32 bits per heavy atom. The number of nitrogens with zero attached hydrogens (tertiary/aromatic N) is 5. The number of benzene rings is 1. The normalized spacial score (nSPS) is 14.9. The third-order valence-electron chi connectivity index (χ3n) is 5.81.